The second-order valence-corrected chi connectivity index (χ2v) is 8.09. The van der Waals surface area contributed by atoms with E-state index in [-0.39, 0.29) is 5.56 Å². The third-order valence-electron chi connectivity index (χ3n) is 3.53. The molecule has 0 saturated carbocycles. The monoisotopic (exact) mass is 373 g/mol. The van der Waals surface area contributed by atoms with E-state index >= 15 is 0 Å². The molecule has 0 N–H and O–H groups in total. The fourth-order valence-electron chi connectivity index (χ4n) is 2.41. The number of halogens is 1. The molecule has 0 aliphatic rings. The van der Waals surface area contributed by atoms with Crippen LogP contribution in [0.25, 0.3) is 15.9 Å². The molecular weight excluding hydrogens is 362 g/mol. The summed E-state index contributed by atoms with van der Waals surface area (Å²) < 4.78 is 3.62. The van der Waals surface area contributed by atoms with Gasteiger partial charge in [0.1, 0.15) is 5.65 Å². The molecule has 0 aliphatic heterocycles. The minimum atomic E-state index is -0.0598. The summed E-state index contributed by atoms with van der Waals surface area (Å²) in [5.74, 6) is 0.604. The van der Waals surface area contributed by atoms with Gasteiger partial charge in [0.15, 0.2) is 4.34 Å². The lowest BCUT2D eigenvalue weighted by atomic mass is 10.3. The Hall–Kier alpha value is -1.89. The highest BCUT2D eigenvalue weighted by molar-refractivity contribution is 8.00. The van der Waals surface area contributed by atoms with Gasteiger partial charge in [0.25, 0.3) is 5.56 Å². The Morgan fingerprint density at radius 2 is 2.08 bits per heavy atom. The van der Waals surface area contributed by atoms with Crippen LogP contribution in [0.2, 0.25) is 5.02 Å². The number of nitrogens with zero attached hydrogens (tertiary/aromatic N) is 3. The molecule has 1 aromatic carbocycles. The van der Waals surface area contributed by atoms with Crippen molar-refractivity contribution in [3.63, 3.8) is 0 Å². The largest absolute Gasteiger partial charge is 0.269 e. The number of fused-ring (bicyclic) bond motifs is 2. The molecule has 0 radical (unpaired) electrons. The zero-order chi connectivity index (χ0) is 16.7. The van der Waals surface area contributed by atoms with Crippen molar-refractivity contribution in [2.75, 3.05) is 0 Å². The standard InChI is InChI=1S/C17H12ClN3OS2/c1-10-2-5-15-19-12(7-16(22)21(15)8-10)9-23-17-20-13-6-11(18)3-4-14(13)24-17/h2-8H,9H2,1H3. The van der Waals surface area contributed by atoms with Gasteiger partial charge in [-0.05, 0) is 36.8 Å². The lowest BCUT2D eigenvalue weighted by Crippen LogP contribution is -2.15. The predicted molar refractivity (Wildman–Crippen MR) is 100 cm³/mol. The quantitative estimate of drug-likeness (QED) is 0.494. The number of benzene rings is 1. The molecular formula is C17H12ClN3OS2. The molecule has 3 aromatic heterocycles. The Labute approximate surface area is 151 Å². The number of thiazole rings is 1. The summed E-state index contributed by atoms with van der Waals surface area (Å²) in [6.07, 6.45) is 1.80. The topological polar surface area (TPSA) is 47.3 Å². The lowest BCUT2D eigenvalue weighted by molar-refractivity contribution is 1.00. The number of hydrogen-bond donors (Lipinski definition) is 0. The summed E-state index contributed by atoms with van der Waals surface area (Å²) >= 11 is 9.19. The van der Waals surface area contributed by atoms with E-state index in [1.807, 2.05) is 37.3 Å². The summed E-state index contributed by atoms with van der Waals surface area (Å²) in [6.45, 7) is 1.95. The van der Waals surface area contributed by atoms with Gasteiger partial charge >= 0.3 is 0 Å². The Balaban J connectivity index is 1.61. The molecule has 0 fully saturated rings. The average Bonchev–Trinajstić information content (AvgIpc) is 2.95. The predicted octanol–water partition coefficient (Wildman–Crippen LogP) is 4.56. The van der Waals surface area contributed by atoms with Gasteiger partial charge in [-0.3, -0.25) is 9.20 Å². The zero-order valence-electron chi connectivity index (χ0n) is 12.7. The van der Waals surface area contributed by atoms with Crippen LogP contribution in [-0.2, 0) is 5.75 Å². The SMILES string of the molecule is Cc1ccc2nc(CSc3nc4cc(Cl)ccc4s3)cc(=O)n2c1. The Morgan fingerprint density at radius 3 is 2.96 bits per heavy atom. The van der Waals surface area contributed by atoms with Gasteiger partial charge in [-0.2, -0.15) is 0 Å². The number of hydrogen-bond acceptors (Lipinski definition) is 5. The summed E-state index contributed by atoms with van der Waals surface area (Å²) in [6, 6.07) is 11.1. The average molecular weight is 374 g/mol. The molecule has 4 nitrogen and oxygen atoms in total. The van der Waals surface area contributed by atoms with Crippen LogP contribution in [0.15, 0.2) is 51.7 Å². The maximum atomic E-state index is 12.2. The van der Waals surface area contributed by atoms with Crippen molar-refractivity contribution in [1.29, 1.82) is 0 Å². The molecule has 7 heteroatoms. The van der Waals surface area contributed by atoms with E-state index in [0.29, 0.717) is 16.4 Å². The van der Waals surface area contributed by atoms with Gasteiger partial charge in [0.2, 0.25) is 0 Å². The molecule has 0 saturated heterocycles. The van der Waals surface area contributed by atoms with Gasteiger partial charge in [0, 0.05) is 23.0 Å². The third kappa shape index (κ3) is 3.05. The number of thioether (sulfide) groups is 1. The van der Waals surface area contributed by atoms with E-state index in [1.165, 1.54) is 0 Å². The Bertz CT molecular complexity index is 1120. The van der Waals surface area contributed by atoms with Crippen molar-refractivity contribution in [2.45, 2.75) is 17.0 Å². The Morgan fingerprint density at radius 1 is 1.21 bits per heavy atom. The van der Waals surface area contributed by atoms with Gasteiger partial charge < -0.3 is 0 Å². The van der Waals surface area contributed by atoms with E-state index in [0.717, 1.165) is 25.8 Å². The lowest BCUT2D eigenvalue weighted by Gasteiger charge is -2.04. The van der Waals surface area contributed by atoms with Gasteiger partial charge in [0.05, 0.1) is 15.9 Å². The fourth-order valence-corrected chi connectivity index (χ4v) is 4.52. The highest BCUT2D eigenvalue weighted by Gasteiger charge is 2.08. The highest BCUT2D eigenvalue weighted by Crippen LogP contribution is 2.32. The minimum Gasteiger partial charge on any atom is -0.269 e. The van der Waals surface area contributed by atoms with Crippen LogP contribution in [-0.4, -0.2) is 14.4 Å². The number of aromatic nitrogens is 3. The summed E-state index contributed by atoms with van der Waals surface area (Å²) in [4.78, 5) is 21.4. The minimum absolute atomic E-state index is 0.0598. The number of rotatable bonds is 3. The summed E-state index contributed by atoms with van der Waals surface area (Å²) in [5, 5.41) is 0.684. The highest BCUT2D eigenvalue weighted by atomic mass is 35.5. The fraction of sp³-hybridized carbons (Fsp3) is 0.118. The molecule has 4 aromatic rings. The van der Waals surface area contributed by atoms with E-state index in [1.54, 1.807) is 39.8 Å². The molecule has 24 heavy (non-hydrogen) atoms. The molecule has 0 spiro atoms. The molecule has 0 aliphatic carbocycles. The molecule has 0 amide bonds. The van der Waals surface area contributed by atoms with Crippen LogP contribution in [0.5, 0.6) is 0 Å². The van der Waals surface area contributed by atoms with Crippen LogP contribution < -0.4 is 5.56 Å². The van der Waals surface area contributed by atoms with Crippen molar-refractivity contribution < 1.29 is 0 Å². The van der Waals surface area contributed by atoms with Crippen molar-refractivity contribution in [2.24, 2.45) is 0 Å². The summed E-state index contributed by atoms with van der Waals surface area (Å²) in [5.41, 5.74) is 3.29. The van der Waals surface area contributed by atoms with Gasteiger partial charge in [-0.1, -0.05) is 29.4 Å². The van der Waals surface area contributed by atoms with E-state index < -0.39 is 0 Å². The molecule has 4 rings (SSSR count). The molecule has 0 unspecified atom stereocenters. The van der Waals surface area contributed by atoms with E-state index in [2.05, 4.69) is 9.97 Å². The van der Waals surface area contributed by atoms with Crippen LogP contribution in [0.1, 0.15) is 11.3 Å². The molecule has 120 valence electrons. The zero-order valence-corrected chi connectivity index (χ0v) is 15.1. The third-order valence-corrected chi connectivity index (χ3v) is 5.98. The van der Waals surface area contributed by atoms with Crippen molar-refractivity contribution in [1.82, 2.24) is 14.4 Å². The van der Waals surface area contributed by atoms with Crippen LogP contribution in [0, 0.1) is 6.92 Å². The first-order valence-corrected chi connectivity index (χ1v) is 9.44. The van der Waals surface area contributed by atoms with Crippen LogP contribution >= 0.6 is 34.7 Å². The maximum absolute atomic E-state index is 12.2. The van der Waals surface area contributed by atoms with E-state index in [9.17, 15) is 4.79 Å². The van der Waals surface area contributed by atoms with E-state index in [4.69, 9.17) is 11.6 Å². The Kier molecular flexibility index (Phi) is 4.04. The number of pyridine rings is 1. The first kappa shape index (κ1) is 15.6. The second-order valence-electron chi connectivity index (χ2n) is 5.40. The van der Waals surface area contributed by atoms with Crippen molar-refractivity contribution in [3.8, 4) is 0 Å². The van der Waals surface area contributed by atoms with Gasteiger partial charge in [-0.25, -0.2) is 9.97 Å². The maximum Gasteiger partial charge on any atom is 0.258 e. The molecule has 0 atom stereocenters. The molecule has 0 bridgehead atoms. The van der Waals surface area contributed by atoms with Crippen molar-refractivity contribution >= 4 is 50.6 Å². The number of aryl methyl sites for hydroxylation is 1. The normalized spacial score (nSPS) is 11.4. The van der Waals surface area contributed by atoms with Crippen LogP contribution in [0.3, 0.4) is 0 Å². The van der Waals surface area contributed by atoms with Crippen LogP contribution in [0.4, 0.5) is 0 Å². The second kappa shape index (κ2) is 6.20. The van der Waals surface area contributed by atoms with Gasteiger partial charge in [-0.15, -0.1) is 11.3 Å². The summed E-state index contributed by atoms with van der Waals surface area (Å²) in [7, 11) is 0. The molecule has 3 heterocycles. The van der Waals surface area contributed by atoms with Crippen molar-refractivity contribution in [3.05, 3.63) is 69.2 Å². The first-order chi connectivity index (χ1) is 11.6. The first-order valence-electron chi connectivity index (χ1n) is 7.26. The smallest absolute Gasteiger partial charge is 0.258 e.